The minimum atomic E-state index is -1.05. The highest BCUT2D eigenvalue weighted by atomic mass is 16.4. The minimum Gasteiger partial charge on any atom is -0.480 e. The van der Waals surface area contributed by atoms with Gasteiger partial charge in [-0.25, -0.2) is 4.79 Å². The number of nitrogens with one attached hydrogen (secondary N) is 1. The Morgan fingerprint density at radius 1 is 1.15 bits per heavy atom. The number of nitrogens with zero attached hydrogens (tertiary/aromatic N) is 2. The van der Waals surface area contributed by atoms with Crippen LogP contribution in [0.4, 0.5) is 5.69 Å². The van der Waals surface area contributed by atoms with Gasteiger partial charge in [0.2, 0.25) is 0 Å². The Bertz CT molecular complexity index is 816. The van der Waals surface area contributed by atoms with Crippen molar-refractivity contribution in [1.29, 1.82) is 0 Å². The molecule has 0 radical (unpaired) electrons. The summed E-state index contributed by atoms with van der Waals surface area (Å²) in [5.41, 5.74) is 3.28. The number of aliphatic carboxylic acids is 1. The molecule has 1 amide bonds. The van der Waals surface area contributed by atoms with Crippen molar-refractivity contribution in [2.75, 3.05) is 11.6 Å². The SMILES string of the molecule is CC1=NN(c2ccc(C(=O)N[C@@H](Cc3ccccc3)C(=O)O)cc2)CC1. The number of hydrogen-bond donors (Lipinski definition) is 2. The highest BCUT2D eigenvalue weighted by Crippen LogP contribution is 2.20. The molecule has 0 aromatic heterocycles. The van der Waals surface area contributed by atoms with Crippen molar-refractivity contribution in [2.45, 2.75) is 25.8 Å². The second-order valence-electron chi connectivity index (χ2n) is 6.31. The van der Waals surface area contributed by atoms with Crippen molar-refractivity contribution in [3.63, 3.8) is 0 Å². The maximum absolute atomic E-state index is 12.4. The molecular formula is C20H21N3O3. The molecule has 0 aliphatic carbocycles. The van der Waals surface area contributed by atoms with E-state index in [2.05, 4.69) is 10.4 Å². The molecule has 1 heterocycles. The van der Waals surface area contributed by atoms with E-state index in [0.717, 1.165) is 29.9 Å². The molecule has 1 aliphatic heterocycles. The second kappa shape index (κ2) is 7.82. The monoisotopic (exact) mass is 351 g/mol. The van der Waals surface area contributed by atoms with Crippen LogP contribution in [0.5, 0.6) is 0 Å². The molecule has 2 aromatic carbocycles. The van der Waals surface area contributed by atoms with Crippen LogP contribution < -0.4 is 10.3 Å². The van der Waals surface area contributed by atoms with E-state index in [-0.39, 0.29) is 6.42 Å². The van der Waals surface area contributed by atoms with E-state index in [1.54, 1.807) is 12.1 Å². The van der Waals surface area contributed by atoms with Crippen molar-refractivity contribution in [1.82, 2.24) is 5.32 Å². The molecule has 0 fully saturated rings. The first kappa shape index (κ1) is 17.7. The van der Waals surface area contributed by atoms with Gasteiger partial charge in [0.05, 0.1) is 5.69 Å². The molecule has 0 spiro atoms. The topological polar surface area (TPSA) is 82.0 Å². The summed E-state index contributed by atoms with van der Waals surface area (Å²) in [4.78, 5) is 23.9. The summed E-state index contributed by atoms with van der Waals surface area (Å²) in [6.45, 7) is 2.82. The zero-order chi connectivity index (χ0) is 18.5. The minimum absolute atomic E-state index is 0.238. The third-order valence-corrected chi connectivity index (χ3v) is 4.29. The number of carbonyl (C=O) groups excluding carboxylic acids is 1. The van der Waals surface area contributed by atoms with Crippen LogP contribution >= 0.6 is 0 Å². The first-order valence-electron chi connectivity index (χ1n) is 8.52. The standard InChI is InChI=1S/C20H21N3O3/c1-14-11-12-23(22-14)17-9-7-16(8-10-17)19(24)21-18(20(25)26)13-15-5-3-2-4-6-15/h2-10,18H,11-13H2,1H3,(H,21,24)(H,25,26)/t18-/m0/s1. The molecule has 2 aromatic rings. The van der Waals surface area contributed by atoms with Gasteiger partial charge < -0.3 is 10.4 Å². The average molecular weight is 351 g/mol. The van der Waals surface area contributed by atoms with Crippen molar-refractivity contribution in [3.05, 3.63) is 65.7 Å². The third kappa shape index (κ3) is 4.27. The summed E-state index contributed by atoms with van der Waals surface area (Å²) < 4.78 is 0. The lowest BCUT2D eigenvalue weighted by atomic mass is 10.1. The number of carboxylic acids is 1. The van der Waals surface area contributed by atoms with E-state index in [9.17, 15) is 14.7 Å². The highest BCUT2D eigenvalue weighted by molar-refractivity contribution is 5.97. The van der Waals surface area contributed by atoms with Crippen LogP contribution in [-0.2, 0) is 11.2 Å². The fourth-order valence-corrected chi connectivity index (χ4v) is 2.84. The Morgan fingerprint density at radius 3 is 2.42 bits per heavy atom. The summed E-state index contributed by atoms with van der Waals surface area (Å²) in [7, 11) is 0. The van der Waals surface area contributed by atoms with Crippen LogP contribution in [0.2, 0.25) is 0 Å². The molecular weight excluding hydrogens is 330 g/mol. The summed E-state index contributed by atoms with van der Waals surface area (Å²) in [5.74, 6) is -1.46. The summed E-state index contributed by atoms with van der Waals surface area (Å²) >= 11 is 0. The molecule has 0 saturated carbocycles. The second-order valence-corrected chi connectivity index (χ2v) is 6.31. The van der Waals surface area contributed by atoms with Gasteiger partial charge >= 0.3 is 5.97 Å². The van der Waals surface area contributed by atoms with E-state index in [1.165, 1.54) is 0 Å². The number of anilines is 1. The van der Waals surface area contributed by atoms with Crippen molar-refractivity contribution < 1.29 is 14.7 Å². The van der Waals surface area contributed by atoms with E-state index in [0.29, 0.717) is 5.56 Å². The molecule has 0 saturated heterocycles. The number of hydrazone groups is 1. The van der Waals surface area contributed by atoms with Gasteiger partial charge in [0.25, 0.3) is 5.91 Å². The molecule has 3 rings (SSSR count). The Morgan fingerprint density at radius 2 is 1.85 bits per heavy atom. The number of hydrogen-bond acceptors (Lipinski definition) is 4. The first-order valence-corrected chi connectivity index (χ1v) is 8.52. The van der Waals surface area contributed by atoms with E-state index in [1.807, 2.05) is 54.4 Å². The Kier molecular flexibility index (Phi) is 5.31. The normalized spacial score (nSPS) is 14.7. The quantitative estimate of drug-likeness (QED) is 0.838. The molecule has 0 bridgehead atoms. The average Bonchev–Trinajstić information content (AvgIpc) is 3.08. The van der Waals surface area contributed by atoms with Crippen LogP contribution in [0.15, 0.2) is 59.7 Å². The predicted octanol–water partition coefficient (Wildman–Crippen LogP) is 2.70. The molecule has 0 unspecified atom stereocenters. The van der Waals surface area contributed by atoms with E-state index < -0.39 is 17.9 Å². The van der Waals surface area contributed by atoms with Crippen LogP contribution in [-0.4, -0.2) is 35.3 Å². The van der Waals surface area contributed by atoms with Crippen LogP contribution in [0.3, 0.4) is 0 Å². The van der Waals surface area contributed by atoms with Gasteiger partial charge in [-0.05, 0) is 36.8 Å². The van der Waals surface area contributed by atoms with Crippen LogP contribution in [0, 0.1) is 0 Å². The Balaban J connectivity index is 1.66. The third-order valence-electron chi connectivity index (χ3n) is 4.29. The fourth-order valence-electron chi connectivity index (χ4n) is 2.84. The number of amides is 1. The van der Waals surface area contributed by atoms with Crippen molar-refractivity contribution >= 4 is 23.3 Å². The van der Waals surface area contributed by atoms with E-state index >= 15 is 0 Å². The zero-order valence-electron chi connectivity index (χ0n) is 14.6. The van der Waals surface area contributed by atoms with Crippen molar-refractivity contribution in [3.8, 4) is 0 Å². The van der Waals surface area contributed by atoms with Gasteiger partial charge in [-0.2, -0.15) is 5.10 Å². The smallest absolute Gasteiger partial charge is 0.326 e. The number of carbonyl (C=O) groups is 2. The van der Waals surface area contributed by atoms with Gasteiger partial charge in [-0.3, -0.25) is 9.80 Å². The Hall–Kier alpha value is -3.15. The number of benzene rings is 2. The molecule has 134 valence electrons. The molecule has 6 nitrogen and oxygen atoms in total. The lowest BCUT2D eigenvalue weighted by Gasteiger charge is -2.16. The largest absolute Gasteiger partial charge is 0.480 e. The highest BCUT2D eigenvalue weighted by Gasteiger charge is 2.21. The van der Waals surface area contributed by atoms with Gasteiger partial charge in [-0.15, -0.1) is 0 Å². The lowest BCUT2D eigenvalue weighted by molar-refractivity contribution is -0.139. The van der Waals surface area contributed by atoms with Crippen LogP contribution in [0.1, 0.15) is 29.3 Å². The summed E-state index contributed by atoms with van der Waals surface area (Å²) in [5, 5.41) is 18.3. The molecule has 2 N–H and O–H groups in total. The molecule has 1 atom stereocenters. The summed E-state index contributed by atoms with van der Waals surface area (Å²) in [6.07, 6.45) is 1.17. The predicted molar refractivity (Wildman–Crippen MR) is 101 cm³/mol. The molecule has 26 heavy (non-hydrogen) atoms. The van der Waals surface area contributed by atoms with Gasteiger partial charge in [0.1, 0.15) is 6.04 Å². The van der Waals surface area contributed by atoms with Gasteiger partial charge in [-0.1, -0.05) is 30.3 Å². The zero-order valence-corrected chi connectivity index (χ0v) is 14.6. The maximum Gasteiger partial charge on any atom is 0.326 e. The fraction of sp³-hybridized carbons (Fsp3) is 0.250. The van der Waals surface area contributed by atoms with Crippen molar-refractivity contribution in [2.24, 2.45) is 5.10 Å². The van der Waals surface area contributed by atoms with Gasteiger partial charge in [0, 0.05) is 30.7 Å². The maximum atomic E-state index is 12.4. The van der Waals surface area contributed by atoms with Crippen LogP contribution in [0.25, 0.3) is 0 Å². The summed E-state index contributed by atoms with van der Waals surface area (Å²) in [6, 6.07) is 15.3. The number of carboxylic acid groups (broad SMARTS) is 1. The number of rotatable bonds is 6. The van der Waals surface area contributed by atoms with E-state index in [4.69, 9.17) is 0 Å². The van der Waals surface area contributed by atoms with Gasteiger partial charge in [0.15, 0.2) is 0 Å². The Labute approximate surface area is 152 Å². The lowest BCUT2D eigenvalue weighted by Crippen LogP contribution is -2.42. The molecule has 1 aliphatic rings. The molecule has 6 heteroatoms. The first-order chi connectivity index (χ1) is 12.5.